The van der Waals surface area contributed by atoms with Gasteiger partial charge >= 0.3 is 0 Å². The number of rotatable bonds is 5. The van der Waals surface area contributed by atoms with Gasteiger partial charge in [0.2, 0.25) is 0 Å². The standard InChI is InChI=1S/C28H27FN6.ClH/c29-23-12-20(15-30)11-22(13-23)26-24-14-25(34-27(24)33-18-32-26)21-3-1-19(2-4-21)5-8-35-9-6-28(7-10-35)16-31-17-28;/h1-4,11-14,18,31H,5-10,16-17H2,(H,32,33,34);1H. The number of halogens is 2. The van der Waals surface area contributed by atoms with Gasteiger partial charge < -0.3 is 15.2 Å². The molecule has 0 unspecified atom stereocenters. The zero-order chi connectivity index (χ0) is 23.8. The van der Waals surface area contributed by atoms with E-state index >= 15 is 0 Å². The fourth-order valence-electron chi connectivity index (χ4n) is 5.34. The number of aromatic nitrogens is 3. The van der Waals surface area contributed by atoms with Gasteiger partial charge in [-0.25, -0.2) is 14.4 Å². The molecule has 2 aromatic carbocycles. The first-order chi connectivity index (χ1) is 17.1. The number of hydrogen-bond acceptors (Lipinski definition) is 5. The van der Waals surface area contributed by atoms with Gasteiger partial charge in [0.15, 0.2) is 0 Å². The van der Waals surface area contributed by atoms with Crippen LogP contribution in [-0.4, -0.2) is 52.6 Å². The van der Waals surface area contributed by atoms with Gasteiger partial charge in [0, 0.05) is 36.3 Å². The van der Waals surface area contributed by atoms with Gasteiger partial charge in [0.1, 0.15) is 17.8 Å². The molecule has 0 aliphatic carbocycles. The SMILES string of the molecule is Cl.N#Cc1cc(F)cc(-c2ncnc3[nH]c(-c4ccc(CCN5CCC6(CC5)CNC6)cc4)cc23)c1. The van der Waals surface area contributed by atoms with Crippen LogP contribution in [0.5, 0.6) is 0 Å². The molecule has 2 saturated heterocycles. The highest BCUT2D eigenvalue weighted by atomic mass is 35.5. The lowest BCUT2D eigenvalue weighted by atomic mass is 9.73. The van der Waals surface area contributed by atoms with Crippen molar-refractivity contribution < 1.29 is 4.39 Å². The number of piperidine rings is 1. The van der Waals surface area contributed by atoms with E-state index in [1.807, 2.05) is 12.1 Å². The predicted molar refractivity (Wildman–Crippen MR) is 141 cm³/mol. The van der Waals surface area contributed by atoms with Gasteiger partial charge in [-0.05, 0) is 73.2 Å². The molecule has 2 N–H and O–H groups in total. The Labute approximate surface area is 216 Å². The molecule has 0 saturated carbocycles. The number of benzene rings is 2. The Hall–Kier alpha value is -3.31. The van der Waals surface area contributed by atoms with Crippen LogP contribution < -0.4 is 5.32 Å². The molecule has 36 heavy (non-hydrogen) atoms. The number of likely N-dealkylation sites (tertiary alicyclic amines) is 1. The molecule has 1 spiro atoms. The minimum absolute atomic E-state index is 0. The van der Waals surface area contributed by atoms with Crippen molar-refractivity contribution in [2.45, 2.75) is 19.3 Å². The molecule has 4 aromatic rings. The second kappa shape index (κ2) is 9.98. The first kappa shape index (κ1) is 24.4. The van der Waals surface area contributed by atoms with Crippen LogP contribution in [0.3, 0.4) is 0 Å². The van der Waals surface area contributed by atoms with Gasteiger partial charge in [-0.1, -0.05) is 24.3 Å². The second-order valence-corrected chi connectivity index (χ2v) is 9.90. The van der Waals surface area contributed by atoms with Crippen molar-refractivity contribution in [1.29, 1.82) is 5.26 Å². The van der Waals surface area contributed by atoms with Gasteiger partial charge in [-0.2, -0.15) is 5.26 Å². The maximum atomic E-state index is 14.0. The fraction of sp³-hybridized carbons (Fsp3) is 0.321. The normalized spacial score (nSPS) is 16.9. The largest absolute Gasteiger partial charge is 0.339 e. The number of nitriles is 1. The van der Waals surface area contributed by atoms with Gasteiger partial charge in [-0.15, -0.1) is 12.4 Å². The van der Waals surface area contributed by atoms with Crippen molar-refractivity contribution in [3.05, 3.63) is 71.8 Å². The number of hydrogen-bond donors (Lipinski definition) is 2. The van der Waals surface area contributed by atoms with Crippen molar-refractivity contribution in [3.8, 4) is 28.6 Å². The van der Waals surface area contributed by atoms with E-state index in [1.54, 1.807) is 6.07 Å². The summed E-state index contributed by atoms with van der Waals surface area (Å²) in [6.45, 7) is 5.92. The lowest BCUT2D eigenvalue weighted by molar-refractivity contribution is 0.0560. The Morgan fingerprint density at radius 2 is 1.78 bits per heavy atom. The van der Waals surface area contributed by atoms with Crippen molar-refractivity contribution in [1.82, 2.24) is 25.2 Å². The van der Waals surface area contributed by atoms with Crippen molar-refractivity contribution in [2.24, 2.45) is 5.41 Å². The molecule has 2 fully saturated rings. The van der Waals surface area contributed by atoms with Crippen LogP contribution >= 0.6 is 12.4 Å². The summed E-state index contributed by atoms with van der Waals surface area (Å²) < 4.78 is 14.0. The van der Waals surface area contributed by atoms with Gasteiger partial charge in [-0.3, -0.25) is 0 Å². The number of nitrogens with one attached hydrogen (secondary N) is 2. The summed E-state index contributed by atoms with van der Waals surface area (Å²) in [5.41, 5.74) is 6.03. The Morgan fingerprint density at radius 3 is 2.47 bits per heavy atom. The zero-order valence-electron chi connectivity index (χ0n) is 19.9. The molecule has 6 rings (SSSR count). The van der Waals surface area contributed by atoms with Gasteiger partial charge in [0.05, 0.1) is 17.3 Å². The van der Waals surface area contributed by atoms with Crippen LogP contribution in [0.15, 0.2) is 54.9 Å². The van der Waals surface area contributed by atoms with E-state index in [9.17, 15) is 9.65 Å². The van der Waals surface area contributed by atoms with E-state index in [0.29, 0.717) is 22.3 Å². The highest BCUT2D eigenvalue weighted by Crippen LogP contribution is 2.35. The van der Waals surface area contributed by atoms with Crippen molar-refractivity contribution in [2.75, 3.05) is 32.7 Å². The Kier molecular flexibility index (Phi) is 6.76. The Bertz CT molecular complexity index is 1410. The van der Waals surface area contributed by atoms with Crippen LogP contribution in [0.1, 0.15) is 24.0 Å². The lowest BCUT2D eigenvalue weighted by Gasteiger charge is -2.48. The number of fused-ring (bicyclic) bond motifs is 1. The number of nitrogens with zero attached hydrogens (tertiary/aromatic N) is 4. The molecule has 2 aliphatic rings. The smallest absolute Gasteiger partial charge is 0.141 e. The molecule has 2 aliphatic heterocycles. The third kappa shape index (κ3) is 4.72. The summed E-state index contributed by atoms with van der Waals surface area (Å²) in [5, 5.41) is 13.4. The highest BCUT2D eigenvalue weighted by molar-refractivity contribution is 5.94. The van der Waals surface area contributed by atoms with Crippen LogP contribution in [0.4, 0.5) is 4.39 Å². The Morgan fingerprint density at radius 1 is 1.00 bits per heavy atom. The topological polar surface area (TPSA) is 80.6 Å². The number of aromatic amines is 1. The van der Waals surface area contributed by atoms with Crippen LogP contribution in [0.25, 0.3) is 33.5 Å². The van der Waals surface area contributed by atoms with E-state index in [0.717, 1.165) is 29.6 Å². The summed E-state index contributed by atoms with van der Waals surface area (Å²) in [7, 11) is 0. The summed E-state index contributed by atoms with van der Waals surface area (Å²) in [6, 6.07) is 16.9. The maximum absolute atomic E-state index is 14.0. The first-order valence-electron chi connectivity index (χ1n) is 12.2. The van der Waals surface area contributed by atoms with E-state index < -0.39 is 5.82 Å². The number of H-pyrrole nitrogens is 1. The van der Waals surface area contributed by atoms with Gasteiger partial charge in [0.25, 0.3) is 0 Å². The molecular weight excluding hydrogens is 475 g/mol. The highest BCUT2D eigenvalue weighted by Gasteiger charge is 2.39. The minimum atomic E-state index is -0.457. The van der Waals surface area contributed by atoms with Crippen molar-refractivity contribution >= 4 is 23.4 Å². The zero-order valence-corrected chi connectivity index (χ0v) is 20.7. The third-order valence-corrected chi connectivity index (χ3v) is 7.62. The summed E-state index contributed by atoms with van der Waals surface area (Å²) in [4.78, 5) is 14.7. The predicted octanol–water partition coefficient (Wildman–Crippen LogP) is 4.95. The minimum Gasteiger partial charge on any atom is -0.339 e. The van der Waals surface area contributed by atoms with Crippen LogP contribution in [0, 0.1) is 22.6 Å². The summed E-state index contributed by atoms with van der Waals surface area (Å²) in [5.74, 6) is -0.457. The van der Waals surface area contributed by atoms with E-state index in [4.69, 9.17) is 0 Å². The van der Waals surface area contributed by atoms with Crippen molar-refractivity contribution in [3.63, 3.8) is 0 Å². The first-order valence-corrected chi connectivity index (χ1v) is 12.2. The third-order valence-electron chi connectivity index (χ3n) is 7.62. The summed E-state index contributed by atoms with van der Waals surface area (Å²) >= 11 is 0. The molecule has 0 bridgehead atoms. The quantitative estimate of drug-likeness (QED) is 0.403. The average Bonchev–Trinajstić information content (AvgIpc) is 3.31. The molecule has 184 valence electrons. The molecule has 6 nitrogen and oxygen atoms in total. The molecule has 0 atom stereocenters. The van der Waals surface area contributed by atoms with Crippen LogP contribution in [0.2, 0.25) is 0 Å². The Balaban J connectivity index is 0.00000267. The fourth-order valence-corrected chi connectivity index (χ4v) is 5.34. The lowest BCUT2D eigenvalue weighted by Crippen LogP contribution is -2.58. The van der Waals surface area contributed by atoms with E-state index in [1.165, 1.54) is 63.0 Å². The summed E-state index contributed by atoms with van der Waals surface area (Å²) in [6.07, 6.45) is 5.14. The molecule has 0 radical (unpaired) electrons. The molecule has 2 aromatic heterocycles. The van der Waals surface area contributed by atoms with E-state index in [2.05, 4.69) is 49.4 Å². The average molecular weight is 503 g/mol. The molecule has 4 heterocycles. The molecule has 8 heteroatoms. The molecular formula is C28H28ClFN6. The maximum Gasteiger partial charge on any atom is 0.141 e. The molecule has 0 amide bonds. The monoisotopic (exact) mass is 502 g/mol. The van der Waals surface area contributed by atoms with Crippen LogP contribution in [-0.2, 0) is 6.42 Å². The van der Waals surface area contributed by atoms with E-state index in [-0.39, 0.29) is 18.0 Å². The second-order valence-electron chi connectivity index (χ2n) is 9.90.